The number of aliphatic imine (C=N–C) groups is 1. The predicted octanol–water partition coefficient (Wildman–Crippen LogP) is 2.86. The number of rotatable bonds is 4. The molecule has 0 radical (unpaired) electrons. The smallest absolute Gasteiger partial charge is 0.193 e. The second-order valence-corrected chi connectivity index (χ2v) is 8.50. The van der Waals surface area contributed by atoms with Crippen molar-refractivity contribution in [3.63, 3.8) is 0 Å². The second-order valence-electron chi connectivity index (χ2n) is 7.21. The van der Waals surface area contributed by atoms with Crippen molar-refractivity contribution < 1.29 is 4.74 Å². The summed E-state index contributed by atoms with van der Waals surface area (Å²) in [6.07, 6.45) is 5.53. The summed E-state index contributed by atoms with van der Waals surface area (Å²) < 4.78 is 6.07. The Morgan fingerprint density at radius 3 is 2.56 bits per heavy atom. The molecule has 0 saturated carbocycles. The number of likely N-dealkylation sites (tertiary alicyclic amines) is 1. The van der Waals surface area contributed by atoms with Crippen LogP contribution in [0.2, 0.25) is 0 Å². The zero-order chi connectivity index (χ0) is 16.7. The summed E-state index contributed by atoms with van der Waals surface area (Å²) in [6, 6.07) is 0. The van der Waals surface area contributed by atoms with E-state index in [1.165, 1.54) is 28.4 Å². The van der Waals surface area contributed by atoms with E-state index in [2.05, 4.69) is 29.1 Å². The molecule has 3 aliphatic rings. The molecular weight excluding hydrogens is 447 g/mol. The van der Waals surface area contributed by atoms with Crippen LogP contribution in [0.25, 0.3) is 0 Å². The van der Waals surface area contributed by atoms with Gasteiger partial charge >= 0.3 is 0 Å². The van der Waals surface area contributed by atoms with E-state index in [1.54, 1.807) is 0 Å². The lowest BCUT2D eigenvalue weighted by atomic mass is 9.82. The van der Waals surface area contributed by atoms with Crippen LogP contribution >= 0.6 is 35.3 Å². The summed E-state index contributed by atoms with van der Waals surface area (Å²) in [5.74, 6) is 2.49. The average Bonchev–Trinajstić information content (AvgIpc) is 3.32. The number of fused-ring (bicyclic) bond motifs is 5. The molecule has 0 aromatic carbocycles. The van der Waals surface area contributed by atoms with Crippen LogP contribution in [0, 0.1) is 18.8 Å². The summed E-state index contributed by atoms with van der Waals surface area (Å²) >= 11 is 1.83. The van der Waals surface area contributed by atoms with Crippen LogP contribution in [0.4, 0.5) is 0 Å². The van der Waals surface area contributed by atoms with Crippen molar-refractivity contribution in [1.82, 2.24) is 15.2 Å². The Bertz CT molecular complexity index is 617. The van der Waals surface area contributed by atoms with Crippen LogP contribution in [-0.2, 0) is 17.6 Å². The largest absolute Gasteiger partial charge is 0.374 e. The third kappa shape index (κ3) is 3.69. The van der Waals surface area contributed by atoms with E-state index < -0.39 is 0 Å². The van der Waals surface area contributed by atoms with Gasteiger partial charge in [-0.05, 0) is 26.2 Å². The van der Waals surface area contributed by atoms with Gasteiger partial charge in [-0.15, -0.1) is 35.3 Å². The number of aryl methyl sites for hydroxylation is 2. The summed E-state index contributed by atoms with van der Waals surface area (Å²) in [5.41, 5.74) is 1.25. The first kappa shape index (κ1) is 19.4. The third-order valence-electron chi connectivity index (χ3n) is 5.86. The Kier molecular flexibility index (Phi) is 6.26. The van der Waals surface area contributed by atoms with E-state index in [0.29, 0.717) is 12.2 Å². The maximum Gasteiger partial charge on any atom is 0.193 e. The number of guanidine groups is 1. The molecule has 0 amide bonds. The first-order chi connectivity index (χ1) is 11.7. The highest BCUT2D eigenvalue weighted by atomic mass is 127. The van der Waals surface area contributed by atoms with Gasteiger partial charge in [0, 0.05) is 49.8 Å². The summed E-state index contributed by atoms with van der Waals surface area (Å²) in [6.45, 7) is 7.44. The molecule has 4 atom stereocenters. The number of hydrogen-bond acceptors (Lipinski definition) is 4. The van der Waals surface area contributed by atoms with Crippen LogP contribution < -0.4 is 5.32 Å². The molecule has 1 aromatic heterocycles. The number of thiazole rings is 1. The molecular formula is C18H29IN4OS. The van der Waals surface area contributed by atoms with Crippen molar-refractivity contribution in [3.05, 3.63) is 15.6 Å². The van der Waals surface area contributed by atoms with Crippen LogP contribution in [0.1, 0.15) is 35.3 Å². The molecule has 1 aromatic rings. The fourth-order valence-electron chi connectivity index (χ4n) is 4.67. The standard InChI is InChI=1S/C18H28N4OS.HI/c1-4-14-11(2)24-17(21-14)7-8-20-18(19-3)22-9-12-13(10-22)16-6-5-15(12)23-16;/h12-13,15-16H,4-10H2,1-3H3,(H,19,20);1H. The van der Waals surface area contributed by atoms with Gasteiger partial charge in [-0.25, -0.2) is 4.98 Å². The van der Waals surface area contributed by atoms with E-state index in [-0.39, 0.29) is 24.0 Å². The van der Waals surface area contributed by atoms with Crippen molar-refractivity contribution >= 4 is 41.3 Å². The Morgan fingerprint density at radius 2 is 2.00 bits per heavy atom. The lowest BCUT2D eigenvalue weighted by Gasteiger charge is -2.23. The molecule has 0 aliphatic carbocycles. The zero-order valence-corrected chi connectivity index (χ0v) is 18.5. The Morgan fingerprint density at radius 1 is 1.32 bits per heavy atom. The topological polar surface area (TPSA) is 49.8 Å². The van der Waals surface area contributed by atoms with Gasteiger partial charge in [0.15, 0.2) is 5.96 Å². The first-order valence-corrected chi connectivity index (χ1v) is 10.1. The van der Waals surface area contributed by atoms with Gasteiger partial charge < -0.3 is 15.0 Å². The quantitative estimate of drug-likeness (QED) is 0.413. The van der Waals surface area contributed by atoms with Gasteiger partial charge in [-0.1, -0.05) is 6.92 Å². The summed E-state index contributed by atoms with van der Waals surface area (Å²) in [7, 11) is 1.89. The van der Waals surface area contributed by atoms with Gasteiger partial charge in [0.25, 0.3) is 0 Å². The zero-order valence-electron chi connectivity index (χ0n) is 15.3. The highest BCUT2D eigenvalue weighted by Crippen LogP contribution is 2.47. The Balaban J connectivity index is 0.00000182. The minimum atomic E-state index is 0. The predicted molar refractivity (Wildman–Crippen MR) is 113 cm³/mol. The lowest BCUT2D eigenvalue weighted by Crippen LogP contribution is -2.42. The average molecular weight is 476 g/mol. The minimum absolute atomic E-state index is 0. The fraction of sp³-hybridized carbons (Fsp3) is 0.778. The highest BCUT2D eigenvalue weighted by Gasteiger charge is 2.53. The summed E-state index contributed by atoms with van der Waals surface area (Å²) in [4.78, 5) is 13.0. The normalized spacial score (nSPS) is 30.5. The van der Waals surface area contributed by atoms with E-state index in [1.807, 2.05) is 18.4 Å². The van der Waals surface area contributed by atoms with Gasteiger partial charge in [0.2, 0.25) is 0 Å². The van der Waals surface area contributed by atoms with E-state index in [0.717, 1.165) is 50.3 Å². The van der Waals surface area contributed by atoms with Crippen molar-refractivity contribution in [3.8, 4) is 0 Å². The van der Waals surface area contributed by atoms with Crippen LogP contribution in [0.3, 0.4) is 0 Å². The molecule has 7 heteroatoms. The maximum absolute atomic E-state index is 6.07. The van der Waals surface area contributed by atoms with Crippen molar-refractivity contribution in [2.24, 2.45) is 16.8 Å². The molecule has 140 valence electrons. The molecule has 25 heavy (non-hydrogen) atoms. The Hall–Kier alpha value is -0.410. The lowest BCUT2D eigenvalue weighted by molar-refractivity contribution is 0.0767. The number of ether oxygens (including phenoxy) is 1. The molecule has 3 fully saturated rings. The monoisotopic (exact) mass is 476 g/mol. The van der Waals surface area contributed by atoms with E-state index in [9.17, 15) is 0 Å². The molecule has 1 N–H and O–H groups in total. The number of aromatic nitrogens is 1. The molecule has 3 aliphatic heterocycles. The minimum Gasteiger partial charge on any atom is -0.374 e. The molecule has 2 bridgehead atoms. The van der Waals surface area contributed by atoms with Gasteiger partial charge in [0.05, 0.1) is 22.9 Å². The molecule has 0 spiro atoms. The fourth-order valence-corrected chi connectivity index (χ4v) is 5.69. The SMILES string of the molecule is CCc1nc(CCNC(=NC)N2CC3C4CCC(O4)C3C2)sc1C.I. The number of nitrogens with zero attached hydrogens (tertiary/aromatic N) is 3. The molecule has 4 rings (SSSR count). The van der Waals surface area contributed by atoms with Crippen molar-refractivity contribution in [2.45, 2.75) is 51.7 Å². The Labute approximate surface area is 171 Å². The number of nitrogens with one attached hydrogen (secondary N) is 1. The third-order valence-corrected chi connectivity index (χ3v) is 6.93. The van der Waals surface area contributed by atoms with Crippen molar-refractivity contribution in [2.75, 3.05) is 26.7 Å². The van der Waals surface area contributed by atoms with E-state index >= 15 is 0 Å². The van der Waals surface area contributed by atoms with Gasteiger partial charge in [-0.3, -0.25) is 4.99 Å². The van der Waals surface area contributed by atoms with Crippen LogP contribution in [0.15, 0.2) is 4.99 Å². The number of hydrogen-bond donors (Lipinski definition) is 1. The van der Waals surface area contributed by atoms with Gasteiger partial charge in [0.1, 0.15) is 0 Å². The van der Waals surface area contributed by atoms with E-state index in [4.69, 9.17) is 9.72 Å². The molecule has 4 heterocycles. The van der Waals surface area contributed by atoms with Crippen LogP contribution in [0.5, 0.6) is 0 Å². The molecule has 5 nitrogen and oxygen atoms in total. The highest BCUT2D eigenvalue weighted by molar-refractivity contribution is 14.0. The van der Waals surface area contributed by atoms with Crippen molar-refractivity contribution in [1.29, 1.82) is 0 Å². The second kappa shape index (κ2) is 8.08. The van der Waals surface area contributed by atoms with Crippen LogP contribution in [-0.4, -0.2) is 54.7 Å². The molecule has 3 saturated heterocycles. The summed E-state index contributed by atoms with van der Waals surface area (Å²) in [5, 5.41) is 4.78. The maximum atomic E-state index is 6.07. The van der Waals surface area contributed by atoms with Gasteiger partial charge in [-0.2, -0.15) is 0 Å². The number of halogens is 1. The molecule has 4 unspecified atom stereocenters. The first-order valence-electron chi connectivity index (χ1n) is 9.25.